The minimum atomic E-state index is -5.08. The van der Waals surface area contributed by atoms with Gasteiger partial charge in [0.25, 0.3) is 0 Å². The zero-order valence-electron chi connectivity index (χ0n) is 24.4. The number of aromatic nitrogens is 3. The lowest BCUT2D eigenvalue weighted by Gasteiger charge is -2.18. The van der Waals surface area contributed by atoms with Crippen LogP contribution < -0.4 is 26.2 Å². The van der Waals surface area contributed by atoms with Crippen LogP contribution in [0.1, 0.15) is 28.4 Å². The molecule has 0 bridgehead atoms. The van der Waals surface area contributed by atoms with E-state index in [9.17, 15) is 22.8 Å². The molecule has 1 amide bonds. The number of carboxylic acid groups (broad SMARTS) is 1. The fourth-order valence-corrected chi connectivity index (χ4v) is 4.13. The van der Waals surface area contributed by atoms with Crippen LogP contribution in [0.15, 0.2) is 65.5 Å². The van der Waals surface area contributed by atoms with Crippen LogP contribution in [0.3, 0.4) is 0 Å². The number of benzene rings is 3. The fraction of sp³-hybridized carbons (Fsp3) is 0.207. The highest BCUT2D eigenvalue weighted by molar-refractivity contribution is 5.94. The number of para-hydroxylation sites is 2. The fourth-order valence-electron chi connectivity index (χ4n) is 4.13. The number of halogens is 4. The maximum Gasteiger partial charge on any atom is 0.490 e. The molecule has 1 aromatic heterocycles. The highest BCUT2D eigenvalue weighted by Gasteiger charge is 2.38. The van der Waals surface area contributed by atoms with Gasteiger partial charge in [0.2, 0.25) is 0 Å². The van der Waals surface area contributed by atoms with Gasteiger partial charge >= 0.3 is 23.9 Å². The number of aliphatic carboxylic acids is 1. The van der Waals surface area contributed by atoms with Crippen molar-refractivity contribution in [2.24, 2.45) is 5.73 Å². The number of amides is 1. The van der Waals surface area contributed by atoms with Gasteiger partial charge in [0.15, 0.2) is 11.5 Å². The van der Waals surface area contributed by atoms with Crippen LogP contribution in [0.4, 0.5) is 28.0 Å². The number of nitrogen functional groups attached to an aromatic ring is 1. The Morgan fingerprint density at radius 2 is 1.65 bits per heavy atom. The van der Waals surface area contributed by atoms with Gasteiger partial charge in [0.05, 0.1) is 38.6 Å². The van der Waals surface area contributed by atoms with Crippen LogP contribution in [0.25, 0.3) is 5.69 Å². The number of anilines is 1. The molecule has 1 heterocycles. The molecule has 0 fully saturated rings. The third-order valence-electron chi connectivity index (χ3n) is 6.35. The summed E-state index contributed by atoms with van der Waals surface area (Å²) in [5.41, 5.74) is 7.09. The number of H-pyrrole nitrogens is 1. The molecule has 0 saturated heterocycles. The number of hydrogen-bond donors (Lipinski definition) is 5. The third kappa shape index (κ3) is 8.40. The molecular weight excluding hydrogens is 620 g/mol. The molecule has 4 rings (SSSR count). The van der Waals surface area contributed by atoms with E-state index >= 15 is 4.39 Å². The van der Waals surface area contributed by atoms with Crippen LogP contribution >= 0.6 is 0 Å². The highest BCUT2D eigenvalue weighted by Crippen LogP contribution is 2.36. The molecule has 17 heteroatoms. The van der Waals surface area contributed by atoms with Crippen molar-refractivity contribution >= 4 is 23.6 Å². The Kier molecular flexibility index (Phi) is 11.1. The Bertz CT molecular complexity index is 1770. The van der Waals surface area contributed by atoms with Crippen molar-refractivity contribution in [2.75, 3.05) is 26.6 Å². The first kappa shape index (κ1) is 34.6. The summed E-state index contributed by atoms with van der Waals surface area (Å²) in [6.07, 6.45) is -5.56. The number of ether oxygens (including phenoxy) is 3. The Labute approximate surface area is 258 Å². The molecule has 0 aliphatic carbocycles. The number of carbonyl (C=O) groups excluding carboxylic acids is 1. The van der Waals surface area contributed by atoms with Crippen molar-refractivity contribution in [1.29, 1.82) is 5.41 Å². The molecule has 13 nitrogen and oxygen atoms in total. The largest absolute Gasteiger partial charge is 0.493 e. The summed E-state index contributed by atoms with van der Waals surface area (Å²) >= 11 is 0. The molecule has 1 atom stereocenters. The lowest BCUT2D eigenvalue weighted by molar-refractivity contribution is -0.192. The summed E-state index contributed by atoms with van der Waals surface area (Å²) in [5, 5.41) is 21.8. The van der Waals surface area contributed by atoms with Gasteiger partial charge in [0.1, 0.15) is 17.5 Å². The summed E-state index contributed by atoms with van der Waals surface area (Å²) in [6.45, 7) is 0. The second-order valence-electron chi connectivity index (χ2n) is 9.26. The van der Waals surface area contributed by atoms with E-state index in [1.165, 1.54) is 33.5 Å². The number of alkyl halides is 3. The molecule has 0 spiro atoms. The van der Waals surface area contributed by atoms with Crippen molar-refractivity contribution in [1.82, 2.24) is 14.8 Å². The molecule has 1 unspecified atom stereocenters. The molecule has 0 radical (unpaired) electrons. The minimum absolute atomic E-state index is 0.0775. The van der Waals surface area contributed by atoms with Crippen molar-refractivity contribution in [2.45, 2.75) is 18.5 Å². The van der Waals surface area contributed by atoms with Crippen LogP contribution in [-0.4, -0.2) is 65.3 Å². The molecule has 46 heavy (non-hydrogen) atoms. The smallest absolute Gasteiger partial charge is 0.490 e. The summed E-state index contributed by atoms with van der Waals surface area (Å²) in [5.74, 6) is -3.48. The summed E-state index contributed by atoms with van der Waals surface area (Å²) in [4.78, 5) is 36.6. The summed E-state index contributed by atoms with van der Waals surface area (Å²) in [6, 6.07) is 16.2. The molecule has 4 aromatic rings. The lowest BCUT2D eigenvalue weighted by Crippen LogP contribution is -2.21. The van der Waals surface area contributed by atoms with E-state index in [-0.39, 0.29) is 40.8 Å². The highest BCUT2D eigenvalue weighted by atomic mass is 19.4. The maximum absolute atomic E-state index is 15.5. The second kappa shape index (κ2) is 14.7. The van der Waals surface area contributed by atoms with Crippen molar-refractivity contribution < 1.29 is 46.5 Å². The molecule has 0 saturated carbocycles. The van der Waals surface area contributed by atoms with E-state index in [4.69, 9.17) is 30.5 Å². The third-order valence-corrected chi connectivity index (χ3v) is 6.35. The first-order valence-corrected chi connectivity index (χ1v) is 13.0. The van der Waals surface area contributed by atoms with E-state index in [2.05, 4.69) is 20.1 Å². The van der Waals surface area contributed by atoms with E-state index in [1.54, 1.807) is 48.5 Å². The predicted octanol–water partition coefficient (Wildman–Crippen LogP) is 4.19. The van der Waals surface area contributed by atoms with Gasteiger partial charge in [0, 0.05) is 17.2 Å². The number of methoxy groups -OCH3 is 3. The van der Waals surface area contributed by atoms with Crippen molar-refractivity contribution in [3.8, 4) is 17.2 Å². The second-order valence-corrected chi connectivity index (χ2v) is 9.26. The van der Waals surface area contributed by atoms with Gasteiger partial charge in [-0.2, -0.15) is 17.9 Å². The molecule has 6 N–H and O–H groups in total. The van der Waals surface area contributed by atoms with Gasteiger partial charge < -0.3 is 25.1 Å². The normalized spacial score (nSPS) is 11.5. The Morgan fingerprint density at radius 3 is 2.20 bits per heavy atom. The molecule has 244 valence electrons. The van der Waals surface area contributed by atoms with Gasteiger partial charge in [-0.05, 0) is 30.2 Å². The van der Waals surface area contributed by atoms with E-state index in [0.717, 1.165) is 10.2 Å². The van der Waals surface area contributed by atoms with Crippen LogP contribution in [-0.2, 0) is 16.0 Å². The Hall–Kier alpha value is -5.87. The molecule has 0 aliphatic rings. The minimum Gasteiger partial charge on any atom is -0.493 e. The number of nitrogens with two attached hydrogens (primary N) is 1. The number of nitrogens with one attached hydrogen (secondary N) is 3. The van der Waals surface area contributed by atoms with Crippen LogP contribution in [0.5, 0.6) is 11.5 Å². The maximum atomic E-state index is 15.5. The number of carboxylic acids is 1. The van der Waals surface area contributed by atoms with Crippen molar-refractivity contribution in [3.05, 3.63) is 99.5 Å². The Morgan fingerprint density at radius 1 is 1.07 bits per heavy atom. The first-order valence-electron chi connectivity index (χ1n) is 13.0. The van der Waals surface area contributed by atoms with E-state index < -0.39 is 35.7 Å². The summed E-state index contributed by atoms with van der Waals surface area (Å²) < 4.78 is 63.6. The topological polar surface area (TPSA) is 195 Å². The van der Waals surface area contributed by atoms with Gasteiger partial charge in [-0.3, -0.25) is 15.7 Å². The SMILES string of the molecule is COC(=O)Nc1ccccc1-n1nc(C(Cc2ccc(C(=N)N)cc2)c2cc(OC)c(OC)cc2F)[nH]c1=O.O=C(O)C(F)(F)F. The number of rotatable bonds is 9. The number of amidine groups is 1. The standard InChI is InChI=1S/C27H27FN6O5.C2HF3O2/c1-37-22-13-17(19(28)14-23(22)38-2)18(12-15-8-10-16(11-9-15)24(29)30)25-32-26(35)34(33-25)21-7-5-4-6-20(21)31-27(36)39-3;3-2(4,5)1(6)7/h4-11,13-14,18H,12H2,1-3H3,(H3,29,30)(H,31,36)(H,32,33,35);(H,6,7). The number of hydrogen-bond acceptors (Lipinski definition) is 8. The van der Waals surface area contributed by atoms with Crippen LogP contribution in [0, 0.1) is 11.2 Å². The number of nitrogens with zero attached hydrogens (tertiary/aromatic N) is 2. The average Bonchev–Trinajstić information content (AvgIpc) is 3.40. The average molecular weight is 649 g/mol. The number of carbonyl (C=O) groups is 2. The molecule has 0 aliphatic heterocycles. The van der Waals surface area contributed by atoms with E-state index in [1.807, 2.05) is 0 Å². The predicted molar refractivity (Wildman–Crippen MR) is 156 cm³/mol. The zero-order chi connectivity index (χ0) is 34.2. The molecule has 3 aromatic carbocycles. The van der Waals surface area contributed by atoms with Crippen molar-refractivity contribution in [3.63, 3.8) is 0 Å². The van der Waals surface area contributed by atoms with Gasteiger partial charge in [-0.25, -0.2) is 18.8 Å². The first-order chi connectivity index (χ1) is 21.7. The quantitative estimate of drug-likeness (QED) is 0.100. The number of aromatic amines is 1. The monoisotopic (exact) mass is 648 g/mol. The molecular formula is C29H28F4N6O7. The van der Waals surface area contributed by atoms with Gasteiger partial charge in [-0.15, -0.1) is 5.10 Å². The lowest BCUT2D eigenvalue weighted by atomic mass is 9.90. The van der Waals surface area contributed by atoms with Gasteiger partial charge in [-0.1, -0.05) is 36.4 Å². The van der Waals surface area contributed by atoms with E-state index in [0.29, 0.717) is 11.3 Å². The Balaban J connectivity index is 0.000000738. The summed E-state index contributed by atoms with van der Waals surface area (Å²) in [7, 11) is 4.07. The zero-order valence-corrected chi connectivity index (χ0v) is 24.4. The van der Waals surface area contributed by atoms with Crippen LogP contribution in [0.2, 0.25) is 0 Å².